The van der Waals surface area contributed by atoms with Crippen LogP contribution in [-0.2, 0) is 4.79 Å². The Morgan fingerprint density at radius 1 is 1.07 bits per heavy atom. The van der Waals surface area contributed by atoms with Crippen molar-refractivity contribution in [2.45, 2.75) is 5.92 Å². The number of allylic oxidation sites excluding steroid dienone is 3. The van der Waals surface area contributed by atoms with E-state index in [-0.39, 0.29) is 28.9 Å². The number of fused-ring (bicyclic) bond motifs is 2. The second kappa shape index (κ2) is 6.93. The first kappa shape index (κ1) is 18.5. The van der Waals surface area contributed by atoms with Gasteiger partial charge in [-0.3, -0.25) is 4.79 Å². The first-order valence-electron chi connectivity index (χ1n) is 8.03. The summed E-state index contributed by atoms with van der Waals surface area (Å²) in [6.45, 7) is 0. The molecule has 0 spiro atoms. The van der Waals surface area contributed by atoms with Crippen molar-refractivity contribution in [3.05, 3.63) is 78.1 Å². The SMILES string of the molecule is O=C1C=C[C@H]2C(=C1I)Oc1c(ccc(O)c1I)[C@H]2c1ccccc1C(=O)O. The largest absolute Gasteiger partial charge is 0.507 e. The molecular formula is C20H12I2O5. The number of aromatic carboxylic acids is 1. The molecule has 0 unspecified atom stereocenters. The molecule has 0 saturated heterocycles. The molecule has 1 aliphatic carbocycles. The number of carboxylic acids is 1. The van der Waals surface area contributed by atoms with Gasteiger partial charge in [0.1, 0.15) is 17.3 Å². The molecule has 4 rings (SSSR count). The number of rotatable bonds is 2. The Morgan fingerprint density at radius 2 is 1.81 bits per heavy atom. The fourth-order valence-electron chi connectivity index (χ4n) is 3.53. The van der Waals surface area contributed by atoms with E-state index in [1.165, 1.54) is 6.08 Å². The van der Waals surface area contributed by atoms with Gasteiger partial charge in [0.2, 0.25) is 0 Å². The number of halogens is 2. The van der Waals surface area contributed by atoms with Gasteiger partial charge in [0.05, 0.1) is 12.7 Å². The van der Waals surface area contributed by atoms with E-state index < -0.39 is 5.97 Å². The Balaban J connectivity index is 2.03. The van der Waals surface area contributed by atoms with Crippen molar-refractivity contribution in [3.63, 3.8) is 0 Å². The van der Waals surface area contributed by atoms with Crippen molar-refractivity contribution < 1.29 is 24.5 Å². The van der Waals surface area contributed by atoms with Crippen LogP contribution in [0.5, 0.6) is 11.5 Å². The molecule has 1 aliphatic heterocycles. The molecule has 0 saturated carbocycles. The van der Waals surface area contributed by atoms with Crippen LogP contribution in [0.25, 0.3) is 0 Å². The number of hydrogen-bond acceptors (Lipinski definition) is 4. The molecule has 0 amide bonds. The van der Waals surface area contributed by atoms with Crippen molar-refractivity contribution in [3.8, 4) is 11.5 Å². The minimum Gasteiger partial charge on any atom is -0.507 e. The highest BCUT2D eigenvalue weighted by molar-refractivity contribution is 14.1. The number of carbonyl (C=O) groups is 2. The Hall–Kier alpha value is -1.88. The summed E-state index contributed by atoms with van der Waals surface area (Å²) in [5, 5.41) is 19.8. The minimum atomic E-state index is -1.01. The van der Waals surface area contributed by atoms with E-state index in [9.17, 15) is 19.8 Å². The van der Waals surface area contributed by atoms with Gasteiger partial charge >= 0.3 is 5.97 Å². The smallest absolute Gasteiger partial charge is 0.335 e. The van der Waals surface area contributed by atoms with Gasteiger partial charge in [-0.15, -0.1) is 0 Å². The van der Waals surface area contributed by atoms with Gasteiger partial charge in [-0.1, -0.05) is 30.3 Å². The van der Waals surface area contributed by atoms with Gasteiger partial charge in [0, 0.05) is 17.4 Å². The minimum absolute atomic E-state index is 0.0753. The first-order chi connectivity index (χ1) is 12.9. The molecule has 0 radical (unpaired) electrons. The molecule has 1 heterocycles. The first-order valence-corrected chi connectivity index (χ1v) is 10.2. The molecule has 0 aromatic heterocycles. The summed E-state index contributed by atoms with van der Waals surface area (Å²) < 4.78 is 7.06. The number of hydrogen-bond donors (Lipinski definition) is 2. The normalized spacial score (nSPS) is 20.7. The van der Waals surface area contributed by atoms with Crippen LogP contribution in [0.2, 0.25) is 0 Å². The van der Waals surface area contributed by atoms with Gasteiger partial charge in [0.15, 0.2) is 5.78 Å². The van der Waals surface area contributed by atoms with Crippen LogP contribution < -0.4 is 4.74 Å². The summed E-state index contributed by atoms with van der Waals surface area (Å²) in [5.74, 6) is -0.781. The molecule has 0 fully saturated rings. The third-order valence-corrected chi connectivity index (χ3v) is 6.84. The molecule has 5 nitrogen and oxygen atoms in total. The van der Waals surface area contributed by atoms with E-state index in [1.54, 1.807) is 42.5 Å². The van der Waals surface area contributed by atoms with Crippen LogP contribution in [0.15, 0.2) is 57.9 Å². The van der Waals surface area contributed by atoms with E-state index in [4.69, 9.17) is 4.74 Å². The maximum absolute atomic E-state index is 12.2. The van der Waals surface area contributed by atoms with Gasteiger partial charge < -0.3 is 14.9 Å². The summed E-state index contributed by atoms with van der Waals surface area (Å²) in [4.78, 5) is 24.0. The van der Waals surface area contributed by atoms with E-state index in [0.717, 1.165) is 5.56 Å². The fourth-order valence-corrected chi connectivity index (χ4v) is 4.78. The lowest BCUT2D eigenvalue weighted by Gasteiger charge is -2.37. The second-order valence-electron chi connectivity index (χ2n) is 6.22. The quantitative estimate of drug-likeness (QED) is 0.503. The maximum atomic E-state index is 12.2. The molecule has 7 heteroatoms. The fraction of sp³-hybridized carbons (Fsp3) is 0.100. The van der Waals surface area contributed by atoms with Gasteiger partial charge in [-0.25, -0.2) is 4.79 Å². The monoisotopic (exact) mass is 586 g/mol. The van der Waals surface area contributed by atoms with E-state index in [1.807, 2.05) is 45.2 Å². The van der Waals surface area contributed by atoms with Crippen LogP contribution in [0.4, 0.5) is 0 Å². The molecule has 2 aliphatic rings. The zero-order valence-corrected chi connectivity index (χ0v) is 18.0. The average Bonchev–Trinajstić information content (AvgIpc) is 2.66. The Kier molecular flexibility index (Phi) is 4.75. The van der Waals surface area contributed by atoms with Crippen molar-refractivity contribution in [2.24, 2.45) is 5.92 Å². The van der Waals surface area contributed by atoms with Crippen LogP contribution >= 0.6 is 45.2 Å². The summed E-state index contributed by atoms with van der Waals surface area (Å²) in [6, 6.07) is 10.2. The molecule has 2 aromatic rings. The van der Waals surface area contributed by atoms with Crippen molar-refractivity contribution in [1.29, 1.82) is 0 Å². The molecule has 0 bridgehead atoms. The van der Waals surface area contributed by atoms with Gasteiger partial charge in [-0.2, -0.15) is 0 Å². The standard InChI is InChI=1S/C20H12I2O5/c21-16-13(23)7-5-11-15(9-3-1-2-4-10(9)20(25)26)12-6-8-14(24)17(22)19(12)27-18(11)16/h1-8,11,15,24H,(H,25,26)/t11-,15+/m1/s1. The molecule has 27 heavy (non-hydrogen) atoms. The lowest BCUT2D eigenvalue weighted by molar-refractivity contribution is -0.110. The van der Waals surface area contributed by atoms with Crippen LogP contribution in [0.3, 0.4) is 0 Å². The molecule has 136 valence electrons. The summed E-state index contributed by atoms with van der Waals surface area (Å²) >= 11 is 3.96. The number of carboxylic acid groups (broad SMARTS) is 1. The zero-order valence-electron chi connectivity index (χ0n) is 13.6. The Labute approximate surface area is 182 Å². The number of ketones is 1. The third-order valence-electron chi connectivity index (χ3n) is 4.73. The molecule has 2 N–H and O–H groups in total. The van der Waals surface area contributed by atoms with E-state index in [0.29, 0.717) is 24.2 Å². The number of ether oxygens (including phenoxy) is 1. The highest BCUT2D eigenvalue weighted by atomic mass is 127. The predicted octanol–water partition coefficient (Wildman–Crippen LogP) is 4.62. The lowest BCUT2D eigenvalue weighted by atomic mass is 9.74. The molecular weight excluding hydrogens is 574 g/mol. The predicted molar refractivity (Wildman–Crippen MR) is 115 cm³/mol. The van der Waals surface area contributed by atoms with Gasteiger partial charge in [0.25, 0.3) is 0 Å². The topological polar surface area (TPSA) is 83.8 Å². The Morgan fingerprint density at radius 3 is 2.56 bits per heavy atom. The van der Waals surface area contributed by atoms with Crippen molar-refractivity contribution in [2.75, 3.05) is 0 Å². The number of phenols is 1. The Bertz CT molecular complexity index is 1050. The lowest BCUT2D eigenvalue weighted by Crippen LogP contribution is -2.29. The maximum Gasteiger partial charge on any atom is 0.335 e. The summed E-state index contributed by atoms with van der Waals surface area (Å²) in [6.07, 6.45) is 3.28. The third kappa shape index (κ3) is 2.96. The molecule has 2 aromatic carbocycles. The second-order valence-corrected chi connectivity index (χ2v) is 8.37. The van der Waals surface area contributed by atoms with Crippen molar-refractivity contribution >= 4 is 56.9 Å². The summed E-state index contributed by atoms with van der Waals surface area (Å²) in [5.41, 5.74) is 1.63. The van der Waals surface area contributed by atoms with Crippen LogP contribution in [0, 0.1) is 9.49 Å². The number of carbonyl (C=O) groups excluding carboxylic acids is 1. The van der Waals surface area contributed by atoms with Gasteiger partial charge in [-0.05, 0) is 69.0 Å². The number of aromatic hydroxyl groups is 1. The van der Waals surface area contributed by atoms with Crippen molar-refractivity contribution in [1.82, 2.24) is 0 Å². The number of benzene rings is 2. The van der Waals surface area contributed by atoms with Crippen LogP contribution in [0.1, 0.15) is 27.4 Å². The van der Waals surface area contributed by atoms with E-state index >= 15 is 0 Å². The highest BCUT2D eigenvalue weighted by Crippen LogP contribution is 2.52. The number of phenolic OH excluding ortho intramolecular Hbond substituents is 1. The van der Waals surface area contributed by atoms with Crippen LogP contribution in [-0.4, -0.2) is 22.0 Å². The summed E-state index contributed by atoms with van der Waals surface area (Å²) in [7, 11) is 0. The molecule has 2 atom stereocenters. The average molecular weight is 586 g/mol. The highest BCUT2D eigenvalue weighted by Gasteiger charge is 2.41. The zero-order chi connectivity index (χ0) is 19.3. The van der Waals surface area contributed by atoms with E-state index in [2.05, 4.69) is 0 Å².